The zero-order chi connectivity index (χ0) is 14.0. The molecule has 5 heteroatoms. The number of amides is 1. The van der Waals surface area contributed by atoms with E-state index in [0.29, 0.717) is 25.0 Å². The summed E-state index contributed by atoms with van der Waals surface area (Å²) in [6, 6.07) is 2.88. The highest BCUT2D eigenvalue weighted by Crippen LogP contribution is 2.40. The van der Waals surface area contributed by atoms with Crippen molar-refractivity contribution in [3.05, 3.63) is 0 Å². The van der Waals surface area contributed by atoms with Gasteiger partial charge >= 0.3 is 0 Å². The Bertz CT molecular complexity index is 387. The number of primary amides is 1. The van der Waals surface area contributed by atoms with E-state index in [1.807, 2.05) is 7.05 Å². The molecule has 3 unspecified atom stereocenters. The fourth-order valence-corrected chi connectivity index (χ4v) is 3.12. The second kappa shape index (κ2) is 5.48. The van der Waals surface area contributed by atoms with Gasteiger partial charge in [0.1, 0.15) is 5.54 Å². The van der Waals surface area contributed by atoms with Gasteiger partial charge in [0.15, 0.2) is 0 Å². The van der Waals surface area contributed by atoms with Crippen LogP contribution >= 0.6 is 0 Å². The standard InChI is InChI=1S/C14H24N4O/c1-10-3-4-11(13(16)19)7-18(10)9-14(8-15,17-2)12-5-6-12/h10-12,17H,3-7,9H2,1-2H3,(H2,16,19). The fraction of sp³-hybridized carbons (Fsp3) is 0.857. The monoisotopic (exact) mass is 264 g/mol. The van der Waals surface area contributed by atoms with Crippen molar-refractivity contribution >= 4 is 5.91 Å². The van der Waals surface area contributed by atoms with Crippen LogP contribution < -0.4 is 11.1 Å². The van der Waals surface area contributed by atoms with Gasteiger partial charge in [-0.25, -0.2) is 0 Å². The molecule has 1 heterocycles. The highest BCUT2D eigenvalue weighted by Gasteiger charge is 2.47. The van der Waals surface area contributed by atoms with E-state index in [4.69, 9.17) is 5.73 Å². The maximum Gasteiger partial charge on any atom is 0.221 e. The first kappa shape index (κ1) is 14.3. The quantitative estimate of drug-likeness (QED) is 0.756. The number of hydrogen-bond acceptors (Lipinski definition) is 4. The maximum absolute atomic E-state index is 11.4. The molecule has 1 saturated heterocycles. The van der Waals surface area contributed by atoms with Crippen molar-refractivity contribution in [2.45, 2.75) is 44.2 Å². The Kier molecular flexibility index (Phi) is 4.12. The number of carbonyl (C=O) groups is 1. The molecular weight excluding hydrogens is 240 g/mol. The van der Waals surface area contributed by atoms with Gasteiger partial charge < -0.3 is 11.1 Å². The minimum absolute atomic E-state index is 0.0661. The van der Waals surface area contributed by atoms with E-state index < -0.39 is 5.54 Å². The molecule has 0 aromatic rings. The SMILES string of the molecule is CNC(C#N)(CN1CC(C(N)=O)CCC1C)C1CC1. The summed E-state index contributed by atoms with van der Waals surface area (Å²) in [5.74, 6) is 0.169. The zero-order valence-electron chi connectivity index (χ0n) is 11.9. The van der Waals surface area contributed by atoms with Gasteiger partial charge in [-0.1, -0.05) is 0 Å². The number of nitrogens with one attached hydrogen (secondary N) is 1. The third-order valence-corrected chi connectivity index (χ3v) is 4.79. The number of hydrogen-bond donors (Lipinski definition) is 2. The summed E-state index contributed by atoms with van der Waals surface area (Å²) in [7, 11) is 1.86. The van der Waals surface area contributed by atoms with Crippen LogP contribution in [0, 0.1) is 23.2 Å². The molecular formula is C14H24N4O. The molecule has 5 nitrogen and oxygen atoms in total. The average Bonchev–Trinajstić information content (AvgIpc) is 3.22. The molecule has 2 aliphatic rings. The molecule has 106 valence electrons. The number of likely N-dealkylation sites (N-methyl/N-ethyl adjacent to an activating group) is 1. The summed E-state index contributed by atoms with van der Waals surface area (Å²) in [6.45, 7) is 3.55. The molecule has 0 bridgehead atoms. The fourth-order valence-electron chi connectivity index (χ4n) is 3.12. The molecule has 1 aliphatic carbocycles. The van der Waals surface area contributed by atoms with E-state index in [2.05, 4.69) is 23.2 Å². The van der Waals surface area contributed by atoms with Gasteiger partial charge in [0.05, 0.1) is 12.0 Å². The Labute approximate surface area is 115 Å². The highest BCUT2D eigenvalue weighted by atomic mass is 16.1. The Balaban J connectivity index is 2.07. The lowest BCUT2D eigenvalue weighted by Crippen LogP contribution is -2.57. The van der Waals surface area contributed by atoms with Crippen LogP contribution in [0.25, 0.3) is 0 Å². The molecule has 1 saturated carbocycles. The molecule has 2 fully saturated rings. The van der Waals surface area contributed by atoms with Crippen LogP contribution in [-0.2, 0) is 4.79 Å². The third-order valence-electron chi connectivity index (χ3n) is 4.79. The topological polar surface area (TPSA) is 82.2 Å². The molecule has 0 aromatic carbocycles. The summed E-state index contributed by atoms with van der Waals surface area (Å²) in [5.41, 5.74) is 4.97. The Morgan fingerprint density at radius 3 is 2.63 bits per heavy atom. The second-order valence-corrected chi connectivity index (χ2v) is 6.06. The first-order valence-corrected chi connectivity index (χ1v) is 7.16. The first-order valence-electron chi connectivity index (χ1n) is 7.16. The van der Waals surface area contributed by atoms with Crippen molar-refractivity contribution in [3.63, 3.8) is 0 Å². The van der Waals surface area contributed by atoms with Crippen molar-refractivity contribution in [1.29, 1.82) is 5.26 Å². The summed E-state index contributed by atoms with van der Waals surface area (Å²) >= 11 is 0. The maximum atomic E-state index is 11.4. The van der Waals surface area contributed by atoms with E-state index in [1.54, 1.807) is 0 Å². The predicted molar refractivity (Wildman–Crippen MR) is 73.1 cm³/mol. The summed E-state index contributed by atoms with van der Waals surface area (Å²) in [5, 5.41) is 12.8. The third kappa shape index (κ3) is 2.90. The molecule has 1 aliphatic heterocycles. The normalized spacial score (nSPS) is 31.4. The van der Waals surface area contributed by atoms with Gasteiger partial charge in [-0.2, -0.15) is 5.26 Å². The number of rotatable bonds is 5. The lowest BCUT2D eigenvalue weighted by Gasteiger charge is -2.41. The summed E-state index contributed by atoms with van der Waals surface area (Å²) in [4.78, 5) is 13.6. The Hall–Kier alpha value is -1.12. The van der Waals surface area contributed by atoms with Gasteiger partial charge in [-0.05, 0) is 45.6 Å². The van der Waals surface area contributed by atoms with Gasteiger partial charge in [0.2, 0.25) is 5.91 Å². The Morgan fingerprint density at radius 2 is 2.16 bits per heavy atom. The van der Waals surface area contributed by atoms with Crippen molar-refractivity contribution in [2.24, 2.45) is 17.6 Å². The molecule has 2 rings (SSSR count). The zero-order valence-corrected chi connectivity index (χ0v) is 11.9. The molecule has 0 radical (unpaired) electrons. The number of nitrogens with two attached hydrogens (primary N) is 1. The van der Waals surface area contributed by atoms with Crippen LogP contribution in [0.1, 0.15) is 32.6 Å². The Morgan fingerprint density at radius 1 is 1.47 bits per heavy atom. The number of nitrogens with zero attached hydrogens (tertiary/aromatic N) is 2. The van der Waals surface area contributed by atoms with Crippen LogP contribution in [0.5, 0.6) is 0 Å². The van der Waals surface area contributed by atoms with Gasteiger partial charge in [0, 0.05) is 19.1 Å². The minimum atomic E-state index is -0.464. The smallest absolute Gasteiger partial charge is 0.221 e. The number of carbonyl (C=O) groups excluding carboxylic acids is 1. The van der Waals surface area contributed by atoms with Crippen LogP contribution in [0.15, 0.2) is 0 Å². The first-order chi connectivity index (χ1) is 9.02. The van der Waals surface area contributed by atoms with E-state index in [-0.39, 0.29) is 11.8 Å². The van der Waals surface area contributed by atoms with Crippen LogP contribution in [0.2, 0.25) is 0 Å². The average molecular weight is 264 g/mol. The van der Waals surface area contributed by atoms with Crippen LogP contribution in [0.4, 0.5) is 0 Å². The molecule has 0 spiro atoms. The van der Waals surface area contributed by atoms with E-state index in [0.717, 1.165) is 25.7 Å². The van der Waals surface area contributed by atoms with Gasteiger partial charge in [-0.3, -0.25) is 9.69 Å². The van der Waals surface area contributed by atoms with Gasteiger partial charge in [0.25, 0.3) is 0 Å². The molecule has 0 aromatic heterocycles. The highest BCUT2D eigenvalue weighted by molar-refractivity contribution is 5.77. The van der Waals surface area contributed by atoms with Crippen molar-refractivity contribution in [3.8, 4) is 6.07 Å². The van der Waals surface area contributed by atoms with Crippen molar-refractivity contribution in [1.82, 2.24) is 10.2 Å². The summed E-state index contributed by atoms with van der Waals surface area (Å²) < 4.78 is 0. The van der Waals surface area contributed by atoms with E-state index in [9.17, 15) is 10.1 Å². The van der Waals surface area contributed by atoms with E-state index >= 15 is 0 Å². The van der Waals surface area contributed by atoms with Crippen LogP contribution in [0.3, 0.4) is 0 Å². The molecule has 19 heavy (non-hydrogen) atoms. The molecule has 3 N–H and O–H groups in total. The lowest BCUT2D eigenvalue weighted by molar-refractivity contribution is -0.124. The second-order valence-electron chi connectivity index (χ2n) is 6.06. The number of likely N-dealkylation sites (tertiary alicyclic amines) is 1. The largest absolute Gasteiger partial charge is 0.369 e. The molecule has 1 amide bonds. The summed E-state index contributed by atoms with van der Waals surface area (Å²) in [6.07, 6.45) is 4.09. The minimum Gasteiger partial charge on any atom is -0.369 e. The number of piperidine rings is 1. The number of nitriles is 1. The lowest BCUT2D eigenvalue weighted by atomic mass is 9.88. The van der Waals surface area contributed by atoms with Crippen molar-refractivity contribution < 1.29 is 4.79 Å². The van der Waals surface area contributed by atoms with Crippen molar-refractivity contribution in [2.75, 3.05) is 20.1 Å². The van der Waals surface area contributed by atoms with E-state index in [1.165, 1.54) is 0 Å². The van der Waals surface area contributed by atoms with Crippen LogP contribution in [-0.4, -0.2) is 42.5 Å². The predicted octanol–water partition coefficient (Wildman–Crippen LogP) is 0.464. The molecule has 3 atom stereocenters. The van der Waals surface area contributed by atoms with Gasteiger partial charge in [-0.15, -0.1) is 0 Å².